The Balaban J connectivity index is 1.59. The topological polar surface area (TPSA) is 76.7 Å². The fourth-order valence-electron chi connectivity index (χ4n) is 3.14. The largest absolute Gasteiger partial charge is 0.285 e. The molecule has 0 bridgehead atoms. The Hall–Kier alpha value is -3.55. The van der Waals surface area contributed by atoms with Crippen LogP contribution in [0.15, 0.2) is 49.1 Å². The number of aromatic amines is 1. The maximum atomic E-state index is 14.6. The summed E-state index contributed by atoms with van der Waals surface area (Å²) in [6, 6.07) is 7.13. The van der Waals surface area contributed by atoms with E-state index in [0.717, 1.165) is 33.5 Å². The van der Waals surface area contributed by atoms with Crippen LogP contribution in [0.4, 0.5) is 4.39 Å². The lowest BCUT2D eigenvalue weighted by atomic mass is 10.1. The van der Waals surface area contributed by atoms with Crippen molar-refractivity contribution >= 4 is 16.6 Å². The predicted molar refractivity (Wildman–Crippen MR) is 94.0 cm³/mol. The third-order valence-electron chi connectivity index (χ3n) is 4.51. The summed E-state index contributed by atoms with van der Waals surface area (Å²) >= 11 is 0. The third kappa shape index (κ3) is 2.26. The van der Waals surface area contributed by atoms with Gasteiger partial charge in [0.25, 0.3) is 0 Å². The second-order valence-corrected chi connectivity index (χ2v) is 6.17. The zero-order valence-corrected chi connectivity index (χ0v) is 13.9. The summed E-state index contributed by atoms with van der Waals surface area (Å²) < 4.78 is 18.0. The molecule has 0 aliphatic rings. The van der Waals surface area contributed by atoms with Gasteiger partial charge in [0.05, 0.1) is 35.5 Å². The molecule has 0 atom stereocenters. The second-order valence-electron chi connectivity index (χ2n) is 6.17. The first kappa shape index (κ1) is 14.8. The van der Waals surface area contributed by atoms with E-state index in [1.165, 1.54) is 6.07 Å². The molecule has 4 heterocycles. The van der Waals surface area contributed by atoms with Crippen LogP contribution in [0.3, 0.4) is 0 Å². The SMILES string of the molecule is Cn1ncc2cc(Cc3cnc4ccc(-c5cn[nH]c5)nn34)c(F)cc21. The smallest absolute Gasteiger partial charge is 0.153 e. The molecule has 8 heteroatoms. The maximum Gasteiger partial charge on any atom is 0.153 e. The molecule has 1 aromatic carbocycles. The molecule has 5 rings (SSSR count). The Kier molecular flexibility index (Phi) is 3.11. The molecular formula is C18H14FN7. The minimum Gasteiger partial charge on any atom is -0.285 e. The van der Waals surface area contributed by atoms with Gasteiger partial charge in [0.2, 0.25) is 0 Å². The van der Waals surface area contributed by atoms with E-state index in [1.54, 1.807) is 41.0 Å². The van der Waals surface area contributed by atoms with E-state index in [0.29, 0.717) is 12.0 Å². The molecule has 0 saturated carbocycles. The minimum atomic E-state index is -0.262. The van der Waals surface area contributed by atoms with Crippen molar-refractivity contribution in [3.05, 3.63) is 66.1 Å². The fraction of sp³-hybridized carbons (Fsp3) is 0.111. The van der Waals surface area contributed by atoms with E-state index >= 15 is 0 Å². The van der Waals surface area contributed by atoms with Crippen LogP contribution < -0.4 is 0 Å². The van der Waals surface area contributed by atoms with Crippen molar-refractivity contribution in [3.8, 4) is 11.3 Å². The number of halogens is 1. The number of hydrogen-bond donors (Lipinski definition) is 1. The Bertz CT molecular complexity index is 1230. The number of aromatic nitrogens is 7. The molecule has 0 radical (unpaired) electrons. The molecule has 0 amide bonds. The summed E-state index contributed by atoms with van der Waals surface area (Å²) in [6.45, 7) is 0. The number of H-pyrrole nitrogens is 1. The van der Waals surface area contributed by atoms with E-state index in [-0.39, 0.29) is 5.82 Å². The Morgan fingerprint density at radius 1 is 1.15 bits per heavy atom. The van der Waals surface area contributed by atoms with E-state index < -0.39 is 0 Å². The van der Waals surface area contributed by atoms with Crippen LogP contribution in [0.1, 0.15) is 11.3 Å². The molecule has 5 aromatic rings. The van der Waals surface area contributed by atoms with Gasteiger partial charge in [-0.15, -0.1) is 0 Å². The second kappa shape index (κ2) is 5.48. The lowest BCUT2D eigenvalue weighted by molar-refractivity contribution is 0.613. The van der Waals surface area contributed by atoms with Gasteiger partial charge >= 0.3 is 0 Å². The van der Waals surface area contributed by atoms with Gasteiger partial charge in [0.1, 0.15) is 5.82 Å². The molecule has 26 heavy (non-hydrogen) atoms. The third-order valence-corrected chi connectivity index (χ3v) is 4.51. The molecule has 4 aromatic heterocycles. The lowest BCUT2D eigenvalue weighted by Gasteiger charge is -2.05. The summed E-state index contributed by atoms with van der Waals surface area (Å²) in [5, 5.41) is 16.4. The average Bonchev–Trinajstić information content (AvgIpc) is 3.37. The van der Waals surface area contributed by atoms with Crippen molar-refractivity contribution in [2.45, 2.75) is 6.42 Å². The van der Waals surface area contributed by atoms with Crippen LogP contribution in [-0.2, 0) is 13.5 Å². The van der Waals surface area contributed by atoms with Crippen molar-refractivity contribution in [2.75, 3.05) is 0 Å². The van der Waals surface area contributed by atoms with Crippen LogP contribution in [0.25, 0.3) is 27.8 Å². The van der Waals surface area contributed by atoms with Crippen LogP contribution in [0.2, 0.25) is 0 Å². The molecule has 0 unspecified atom stereocenters. The van der Waals surface area contributed by atoms with E-state index in [4.69, 9.17) is 0 Å². The van der Waals surface area contributed by atoms with Crippen molar-refractivity contribution in [3.63, 3.8) is 0 Å². The zero-order chi connectivity index (χ0) is 17.7. The predicted octanol–water partition coefficient (Wildman–Crippen LogP) is 2.74. The molecule has 0 fully saturated rings. The number of fused-ring (bicyclic) bond motifs is 2. The quantitative estimate of drug-likeness (QED) is 0.544. The summed E-state index contributed by atoms with van der Waals surface area (Å²) in [5.41, 5.74) is 4.54. The summed E-state index contributed by atoms with van der Waals surface area (Å²) in [6.07, 6.45) is 7.34. The summed E-state index contributed by atoms with van der Waals surface area (Å²) in [5.74, 6) is -0.262. The number of hydrogen-bond acceptors (Lipinski definition) is 4. The fourth-order valence-corrected chi connectivity index (χ4v) is 3.14. The van der Waals surface area contributed by atoms with Gasteiger partial charge in [-0.05, 0) is 23.8 Å². The number of nitrogens with zero attached hydrogens (tertiary/aromatic N) is 6. The van der Waals surface area contributed by atoms with E-state index in [9.17, 15) is 4.39 Å². The first-order valence-corrected chi connectivity index (χ1v) is 8.12. The van der Waals surface area contributed by atoms with Crippen molar-refractivity contribution < 1.29 is 4.39 Å². The van der Waals surface area contributed by atoms with Crippen molar-refractivity contribution in [1.29, 1.82) is 0 Å². The van der Waals surface area contributed by atoms with Crippen molar-refractivity contribution in [1.82, 2.24) is 34.6 Å². The van der Waals surface area contributed by atoms with Crippen LogP contribution >= 0.6 is 0 Å². The Morgan fingerprint density at radius 2 is 2.08 bits per heavy atom. The van der Waals surface area contributed by atoms with E-state index in [1.807, 2.05) is 18.2 Å². The van der Waals surface area contributed by atoms with Crippen LogP contribution in [-0.4, -0.2) is 34.6 Å². The van der Waals surface area contributed by atoms with Crippen LogP contribution in [0.5, 0.6) is 0 Å². The van der Waals surface area contributed by atoms with Gasteiger partial charge in [-0.2, -0.15) is 15.3 Å². The monoisotopic (exact) mass is 347 g/mol. The molecule has 128 valence electrons. The summed E-state index contributed by atoms with van der Waals surface area (Å²) in [7, 11) is 1.80. The number of aryl methyl sites for hydroxylation is 1. The molecule has 7 nitrogen and oxygen atoms in total. The highest BCUT2D eigenvalue weighted by Crippen LogP contribution is 2.22. The summed E-state index contributed by atoms with van der Waals surface area (Å²) in [4.78, 5) is 4.37. The van der Waals surface area contributed by atoms with Gasteiger partial charge in [-0.1, -0.05) is 0 Å². The van der Waals surface area contributed by atoms with Gasteiger partial charge in [-0.3, -0.25) is 9.78 Å². The van der Waals surface area contributed by atoms with Gasteiger partial charge < -0.3 is 0 Å². The molecule has 0 aliphatic heterocycles. The lowest BCUT2D eigenvalue weighted by Crippen LogP contribution is -2.01. The van der Waals surface area contributed by atoms with E-state index in [2.05, 4.69) is 25.4 Å². The highest BCUT2D eigenvalue weighted by atomic mass is 19.1. The molecule has 0 aliphatic carbocycles. The number of rotatable bonds is 3. The number of nitrogens with one attached hydrogen (secondary N) is 1. The van der Waals surface area contributed by atoms with Gasteiger partial charge in [-0.25, -0.2) is 13.9 Å². The van der Waals surface area contributed by atoms with Gasteiger partial charge in [0.15, 0.2) is 5.65 Å². The Morgan fingerprint density at radius 3 is 2.92 bits per heavy atom. The zero-order valence-electron chi connectivity index (χ0n) is 13.9. The molecule has 0 spiro atoms. The number of imidazole rings is 1. The van der Waals surface area contributed by atoms with Crippen molar-refractivity contribution in [2.24, 2.45) is 7.05 Å². The van der Waals surface area contributed by atoms with Crippen LogP contribution in [0, 0.1) is 5.82 Å². The molecular weight excluding hydrogens is 333 g/mol. The Labute approximate surface area is 147 Å². The highest BCUT2D eigenvalue weighted by molar-refractivity contribution is 5.79. The highest BCUT2D eigenvalue weighted by Gasteiger charge is 2.13. The first-order valence-electron chi connectivity index (χ1n) is 8.12. The number of benzene rings is 1. The maximum absolute atomic E-state index is 14.6. The average molecular weight is 347 g/mol. The standard InChI is InChI=1S/C18H14FN7/c1-25-17-6-15(19)11(4-12(17)9-23-25)5-14-10-20-18-3-2-16(24-26(14)18)13-7-21-22-8-13/h2-4,6-10H,5H2,1H3,(H,21,22). The minimum absolute atomic E-state index is 0.262. The molecule has 1 N–H and O–H groups in total. The normalized spacial score (nSPS) is 11.6. The molecule has 0 saturated heterocycles. The first-order chi connectivity index (χ1) is 12.7. The van der Waals surface area contributed by atoms with Gasteiger partial charge in [0, 0.05) is 36.7 Å².